The number of thioether (sulfide) groups is 1. The van der Waals surface area contributed by atoms with Gasteiger partial charge in [-0.1, -0.05) is 0 Å². The minimum absolute atomic E-state index is 0.00395. The molecule has 1 amide bonds. The highest BCUT2D eigenvalue weighted by atomic mass is 32.2. The van der Waals surface area contributed by atoms with Crippen LogP contribution in [0, 0.1) is 0 Å². The van der Waals surface area contributed by atoms with Crippen LogP contribution in [0.1, 0.15) is 33.6 Å². The highest BCUT2D eigenvalue weighted by Gasteiger charge is 2.32. The minimum Gasteiger partial charge on any atom is -0.444 e. The maximum Gasteiger partial charge on any atom is 0.441 e. The first-order valence-electron chi connectivity index (χ1n) is 6.99. The normalized spacial score (nSPS) is 19.9. The van der Waals surface area contributed by atoms with Gasteiger partial charge in [0, 0.05) is 31.4 Å². The Labute approximate surface area is 127 Å². The number of ether oxygens (including phenoxy) is 1. The molecule has 4 nitrogen and oxygen atoms in total. The van der Waals surface area contributed by atoms with Crippen molar-refractivity contribution in [2.45, 2.75) is 50.8 Å². The van der Waals surface area contributed by atoms with Crippen molar-refractivity contribution < 1.29 is 22.7 Å². The summed E-state index contributed by atoms with van der Waals surface area (Å²) in [5, 5.41) is 2.98. The van der Waals surface area contributed by atoms with Crippen molar-refractivity contribution in [2.75, 3.05) is 25.4 Å². The van der Waals surface area contributed by atoms with Crippen LogP contribution >= 0.6 is 11.8 Å². The molecular formula is C13H23F3N2O2S. The third kappa shape index (κ3) is 7.80. The second kappa shape index (κ2) is 7.58. The summed E-state index contributed by atoms with van der Waals surface area (Å²) in [7, 11) is 0. The number of halogens is 3. The van der Waals surface area contributed by atoms with Crippen LogP contribution in [0.5, 0.6) is 0 Å². The number of carbonyl (C=O) groups excluding carboxylic acids is 1. The molecule has 0 aromatic heterocycles. The Morgan fingerprint density at radius 3 is 2.62 bits per heavy atom. The van der Waals surface area contributed by atoms with Crippen molar-refractivity contribution in [1.82, 2.24) is 10.2 Å². The summed E-state index contributed by atoms with van der Waals surface area (Å²) in [5.74, 6) is -0.0251. The van der Waals surface area contributed by atoms with Gasteiger partial charge in [-0.2, -0.15) is 13.2 Å². The molecule has 0 spiro atoms. The highest BCUT2D eigenvalue weighted by Crippen LogP contribution is 2.29. The van der Waals surface area contributed by atoms with Gasteiger partial charge >= 0.3 is 11.6 Å². The molecule has 0 aliphatic carbocycles. The van der Waals surface area contributed by atoms with Crippen molar-refractivity contribution >= 4 is 17.9 Å². The number of carbonyl (C=O) groups is 1. The fourth-order valence-electron chi connectivity index (χ4n) is 2.12. The lowest BCUT2D eigenvalue weighted by molar-refractivity contribution is -0.0327. The zero-order valence-corrected chi connectivity index (χ0v) is 13.4. The Morgan fingerprint density at radius 2 is 2.05 bits per heavy atom. The zero-order chi connectivity index (χ0) is 16.1. The molecular weight excluding hydrogens is 305 g/mol. The monoisotopic (exact) mass is 328 g/mol. The summed E-state index contributed by atoms with van der Waals surface area (Å²) in [6.45, 7) is 6.83. The SMILES string of the molecule is CC(C)(C)OC(=O)N1CCCC1CNCCSC(F)(F)F. The largest absolute Gasteiger partial charge is 0.444 e. The summed E-state index contributed by atoms with van der Waals surface area (Å²) in [6, 6.07) is -0.00395. The molecule has 21 heavy (non-hydrogen) atoms. The first kappa shape index (κ1) is 18.4. The van der Waals surface area contributed by atoms with Crippen LogP contribution in [-0.2, 0) is 4.74 Å². The van der Waals surface area contributed by atoms with Crippen molar-refractivity contribution in [3.05, 3.63) is 0 Å². The predicted molar refractivity (Wildman–Crippen MR) is 77.3 cm³/mol. The molecule has 1 fully saturated rings. The van der Waals surface area contributed by atoms with Crippen molar-refractivity contribution in [3.63, 3.8) is 0 Å². The van der Waals surface area contributed by atoms with E-state index in [9.17, 15) is 18.0 Å². The molecule has 124 valence electrons. The van der Waals surface area contributed by atoms with E-state index in [1.54, 1.807) is 4.90 Å². The summed E-state index contributed by atoms with van der Waals surface area (Å²) >= 11 is -0.0367. The molecule has 1 unspecified atom stereocenters. The van der Waals surface area contributed by atoms with E-state index < -0.39 is 11.1 Å². The Hall–Kier alpha value is -0.630. The molecule has 1 heterocycles. The lowest BCUT2D eigenvalue weighted by Crippen LogP contribution is -2.44. The van der Waals surface area contributed by atoms with E-state index in [1.165, 1.54) is 0 Å². The van der Waals surface area contributed by atoms with Gasteiger partial charge in [0.15, 0.2) is 0 Å². The zero-order valence-electron chi connectivity index (χ0n) is 12.6. The van der Waals surface area contributed by atoms with E-state index in [0.29, 0.717) is 13.1 Å². The minimum atomic E-state index is -4.18. The van der Waals surface area contributed by atoms with Gasteiger partial charge in [-0.05, 0) is 45.4 Å². The van der Waals surface area contributed by atoms with Crippen LogP contribution in [0.2, 0.25) is 0 Å². The third-order valence-corrected chi connectivity index (χ3v) is 3.67. The van der Waals surface area contributed by atoms with Gasteiger partial charge in [0.25, 0.3) is 0 Å². The highest BCUT2D eigenvalue weighted by molar-refractivity contribution is 8.00. The van der Waals surface area contributed by atoms with Gasteiger partial charge in [-0.3, -0.25) is 0 Å². The summed E-state index contributed by atoms with van der Waals surface area (Å²) in [5.41, 5.74) is -4.72. The molecule has 1 N–H and O–H groups in total. The van der Waals surface area contributed by atoms with Gasteiger partial charge in [-0.15, -0.1) is 0 Å². The molecule has 1 saturated heterocycles. The molecule has 1 aliphatic heterocycles. The van der Waals surface area contributed by atoms with Gasteiger partial charge in [0.2, 0.25) is 0 Å². The van der Waals surface area contributed by atoms with Gasteiger partial charge in [-0.25, -0.2) is 4.79 Å². The van der Waals surface area contributed by atoms with Crippen LogP contribution in [-0.4, -0.2) is 53.5 Å². The first-order valence-corrected chi connectivity index (χ1v) is 7.98. The Kier molecular flexibility index (Phi) is 6.65. The molecule has 1 aliphatic rings. The number of nitrogens with one attached hydrogen (secondary N) is 1. The number of nitrogens with zero attached hydrogens (tertiary/aromatic N) is 1. The van der Waals surface area contributed by atoms with Crippen LogP contribution in [0.4, 0.5) is 18.0 Å². The lowest BCUT2D eigenvalue weighted by Gasteiger charge is -2.28. The van der Waals surface area contributed by atoms with E-state index in [1.807, 2.05) is 20.8 Å². The molecule has 0 aromatic carbocycles. The van der Waals surface area contributed by atoms with Crippen molar-refractivity contribution in [2.24, 2.45) is 0 Å². The lowest BCUT2D eigenvalue weighted by atomic mass is 10.2. The van der Waals surface area contributed by atoms with Crippen molar-refractivity contribution in [1.29, 1.82) is 0 Å². The Bertz CT molecular complexity index is 345. The summed E-state index contributed by atoms with van der Waals surface area (Å²) in [6.07, 6.45) is 1.39. The number of likely N-dealkylation sites (tertiary alicyclic amines) is 1. The molecule has 1 rings (SSSR count). The molecule has 0 saturated carbocycles. The predicted octanol–water partition coefficient (Wildman–Crippen LogP) is 3.23. The molecule has 1 atom stereocenters. The van der Waals surface area contributed by atoms with Crippen LogP contribution in [0.25, 0.3) is 0 Å². The van der Waals surface area contributed by atoms with Crippen LogP contribution in [0.15, 0.2) is 0 Å². The summed E-state index contributed by atoms with van der Waals surface area (Å²) < 4.78 is 41.3. The maximum atomic E-state index is 12.0. The fraction of sp³-hybridized carbons (Fsp3) is 0.923. The Morgan fingerprint density at radius 1 is 1.38 bits per heavy atom. The molecule has 0 aromatic rings. The average Bonchev–Trinajstić information content (AvgIpc) is 2.73. The summed E-state index contributed by atoms with van der Waals surface area (Å²) in [4.78, 5) is 13.7. The van der Waals surface area contributed by atoms with E-state index in [4.69, 9.17) is 4.74 Å². The molecule has 0 radical (unpaired) electrons. The fourth-order valence-corrected chi connectivity index (χ4v) is 2.59. The third-order valence-electron chi connectivity index (χ3n) is 2.93. The van der Waals surface area contributed by atoms with Crippen LogP contribution in [0.3, 0.4) is 0 Å². The number of amides is 1. The standard InChI is InChI=1S/C13H23F3N2O2S/c1-12(2,3)20-11(19)18-7-4-5-10(18)9-17-6-8-21-13(14,15)16/h10,17H,4-9H2,1-3H3. The smallest absolute Gasteiger partial charge is 0.441 e. The topological polar surface area (TPSA) is 41.6 Å². The van der Waals surface area contributed by atoms with Gasteiger partial charge < -0.3 is 15.0 Å². The number of hydrogen-bond donors (Lipinski definition) is 1. The average molecular weight is 328 g/mol. The van der Waals surface area contributed by atoms with Gasteiger partial charge in [0.05, 0.1) is 0 Å². The van der Waals surface area contributed by atoms with Crippen molar-refractivity contribution in [3.8, 4) is 0 Å². The van der Waals surface area contributed by atoms with E-state index >= 15 is 0 Å². The molecule has 8 heteroatoms. The Balaban J connectivity index is 2.29. The van der Waals surface area contributed by atoms with Crippen LogP contribution < -0.4 is 5.32 Å². The van der Waals surface area contributed by atoms with E-state index in [2.05, 4.69) is 5.32 Å². The van der Waals surface area contributed by atoms with Gasteiger partial charge in [0.1, 0.15) is 5.60 Å². The number of alkyl halides is 3. The number of rotatable bonds is 5. The first-order chi connectivity index (χ1) is 9.58. The maximum absolute atomic E-state index is 12.0. The van der Waals surface area contributed by atoms with E-state index in [0.717, 1.165) is 12.8 Å². The number of hydrogen-bond acceptors (Lipinski definition) is 4. The quantitative estimate of drug-likeness (QED) is 0.787. The second-order valence-corrected chi connectivity index (χ2v) is 7.13. The molecule has 0 bridgehead atoms. The van der Waals surface area contributed by atoms with E-state index in [-0.39, 0.29) is 36.2 Å². The second-order valence-electron chi connectivity index (χ2n) is 5.97.